The van der Waals surface area contributed by atoms with Gasteiger partial charge in [-0.15, -0.1) is 0 Å². The SMILES string of the molecule is Cc1cnc2ccc(-c3nc(C4CCC4)n4ccnc(N)c34)cc2n1. The van der Waals surface area contributed by atoms with Gasteiger partial charge in [0.05, 0.1) is 16.7 Å². The lowest BCUT2D eigenvalue weighted by atomic mass is 9.85. The highest BCUT2D eigenvalue weighted by Gasteiger charge is 2.26. The summed E-state index contributed by atoms with van der Waals surface area (Å²) in [6.07, 6.45) is 9.11. The lowest BCUT2D eigenvalue weighted by Crippen LogP contribution is -2.12. The number of fused-ring (bicyclic) bond motifs is 2. The van der Waals surface area contributed by atoms with Crippen molar-refractivity contribution in [1.29, 1.82) is 0 Å². The number of anilines is 1. The van der Waals surface area contributed by atoms with E-state index < -0.39 is 0 Å². The van der Waals surface area contributed by atoms with Crippen molar-refractivity contribution in [2.75, 3.05) is 5.73 Å². The van der Waals surface area contributed by atoms with Gasteiger partial charge in [0.2, 0.25) is 0 Å². The van der Waals surface area contributed by atoms with Crippen LogP contribution < -0.4 is 5.73 Å². The van der Waals surface area contributed by atoms with Gasteiger partial charge in [0, 0.05) is 30.1 Å². The fourth-order valence-corrected chi connectivity index (χ4v) is 3.49. The van der Waals surface area contributed by atoms with Crippen molar-refractivity contribution in [1.82, 2.24) is 24.3 Å². The van der Waals surface area contributed by atoms with Gasteiger partial charge in [-0.25, -0.2) is 15.0 Å². The van der Waals surface area contributed by atoms with Gasteiger partial charge in [0.15, 0.2) is 0 Å². The number of benzene rings is 1. The van der Waals surface area contributed by atoms with Gasteiger partial charge >= 0.3 is 0 Å². The molecular weight excluding hydrogens is 312 g/mol. The summed E-state index contributed by atoms with van der Waals surface area (Å²) >= 11 is 0. The van der Waals surface area contributed by atoms with Gasteiger partial charge in [-0.2, -0.15) is 0 Å². The molecule has 0 atom stereocenters. The molecule has 124 valence electrons. The zero-order valence-corrected chi connectivity index (χ0v) is 14.0. The summed E-state index contributed by atoms with van der Waals surface area (Å²) in [6, 6.07) is 6.05. The van der Waals surface area contributed by atoms with Crippen LogP contribution in [0.2, 0.25) is 0 Å². The highest BCUT2D eigenvalue weighted by Crippen LogP contribution is 2.39. The summed E-state index contributed by atoms with van der Waals surface area (Å²) in [5.74, 6) is 2.09. The van der Waals surface area contributed by atoms with Crippen LogP contribution >= 0.6 is 0 Å². The van der Waals surface area contributed by atoms with Crippen LogP contribution in [0.1, 0.15) is 36.7 Å². The molecule has 1 aromatic carbocycles. The van der Waals surface area contributed by atoms with E-state index >= 15 is 0 Å². The number of nitrogens with zero attached hydrogens (tertiary/aromatic N) is 5. The van der Waals surface area contributed by atoms with Crippen molar-refractivity contribution in [3.63, 3.8) is 0 Å². The number of aromatic nitrogens is 5. The minimum atomic E-state index is 0.505. The molecule has 4 aromatic rings. The van der Waals surface area contributed by atoms with Crippen LogP contribution in [0.25, 0.3) is 27.8 Å². The molecule has 3 heterocycles. The largest absolute Gasteiger partial charge is 0.382 e. The zero-order valence-electron chi connectivity index (χ0n) is 14.0. The predicted octanol–water partition coefficient (Wildman–Crippen LogP) is 3.50. The van der Waals surface area contributed by atoms with Crippen molar-refractivity contribution < 1.29 is 0 Å². The van der Waals surface area contributed by atoms with Gasteiger partial charge < -0.3 is 5.73 Å². The van der Waals surface area contributed by atoms with E-state index in [4.69, 9.17) is 10.7 Å². The maximum Gasteiger partial charge on any atom is 0.150 e. The third-order valence-corrected chi connectivity index (χ3v) is 5.02. The Balaban J connectivity index is 1.77. The zero-order chi connectivity index (χ0) is 17.0. The number of hydrogen-bond acceptors (Lipinski definition) is 5. The van der Waals surface area contributed by atoms with Crippen LogP contribution in [0, 0.1) is 6.92 Å². The lowest BCUT2D eigenvalue weighted by molar-refractivity contribution is 0.400. The van der Waals surface area contributed by atoms with E-state index in [1.54, 1.807) is 12.4 Å². The number of aryl methyl sites for hydroxylation is 1. The van der Waals surface area contributed by atoms with Crippen LogP contribution in [-0.2, 0) is 0 Å². The molecule has 1 saturated carbocycles. The Kier molecular flexibility index (Phi) is 3.00. The molecule has 6 heteroatoms. The van der Waals surface area contributed by atoms with Crippen molar-refractivity contribution in [2.45, 2.75) is 32.1 Å². The Morgan fingerprint density at radius 3 is 2.80 bits per heavy atom. The molecule has 0 bridgehead atoms. The molecule has 0 unspecified atom stereocenters. The normalized spacial score (nSPS) is 14.9. The molecule has 0 saturated heterocycles. The smallest absolute Gasteiger partial charge is 0.150 e. The fourth-order valence-electron chi connectivity index (χ4n) is 3.49. The van der Waals surface area contributed by atoms with Gasteiger partial charge in [0.1, 0.15) is 22.9 Å². The lowest BCUT2D eigenvalue weighted by Gasteiger charge is -2.23. The van der Waals surface area contributed by atoms with Crippen molar-refractivity contribution in [3.05, 3.63) is 48.3 Å². The summed E-state index contributed by atoms with van der Waals surface area (Å²) in [7, 11) is 0. The van der Waals surface area contributed by atoms with Crippen LogP contribution in [0.5, 0.6) is 0 Å². The summed E-state index contributed by atoms with van der Waals surface area (Å²) in [5, 5.41) is 0. The van der Waals surface area contributed by atoms with E-state index in [2.05, 4.69) is 19.4 Å². The van der Waals surface area contributed by atoms with E-state index in [0.29, 0.717) is 11.7 Å². The Morgan fingerprint density at radius 2 is 2.00 bits per heavy atom. The third-order valence-electron chi connectivity index (χ3n) is 5.02. The fraction of sp³-hybridized carbons (Fsp3) is 0.263. The average molecular weight is 330 g/mol. The van der Waals surface area contributed by atoms with E-state index in [0.717, 1.165) is 39.3 Å². The molecule has 3 aromatic heterocycles. The predicted molar refractivity (Wildman–Crippen MR) is 97.3 cm³/mol. The molecule has 0 amide bonds. The summed E-state index contributed by atoms with van der Waals surface area (Å²) in [5.41, 5.74) is 11.6. The molecule has 0 radical (unpaired) electrons. The first-order valence-corrected chi connectivity index (χ1v) is 8.57. The number of nitrogen functional groups attached to an aromatic ring is 1. The van der Waals surface area contributed by atoms with E-state index in [9.17, 15) is 0 Å². The molecule has 0 spiro atoms. The minimum Gasteiger partial charge on any atom is -0.382 e. The summed E-state index contributed by atoms with van der Waals surface area (Å²) < 4.78 is 2.10. The quantitative estimate of drug-likeness (QED) is 0.608. The van der Waals surface area contributed by atoms with Gasteiger partial charge in [-0.05, 0) is 31.9 Å². The molecule has 1 aliphatic rings. The maximum atomic E-state index is 6.20. The van der Waals surface area contributed by atoms with Crippen molar-refractivity contribution >= 4 is 22.4 Å². The van der Waals surface area contributed by atoms with E-state index in [-0.39, 0.29) is 0 Å². The molecule has 5 rings (SSSR count). The van der Waals surface area contributed by atoms with Crippen molar-refractivity contribution in [3.8, 4) is 11.3 Å². The summed E-state index contributed by atoms with van der Waals surface area (Å²) in [4.78, 5) is 18.3. The Labute approximate surface area is 144 Å². The molecule has 25 heavy (non-hydrogen) atoms. The van der Waals surface area contributed by atoms with E-state index in [1.165, 1.54) is 19.3 Å². The Bertz CT molecular complexity index is 1110. The first-order chi connectivity index (χ1) is 12.2. The van der Waals surface area contributed by atoms with Crippen LogP contribution in [-0.4, -0.2) is 24.3 Å². The standard InChI is InChI=1S/C19H18N6/c1-11-10-22-14-6-5-13(9-15(14)23-11)16-17-18(20)21-7-8-25(17)19(24-16)12-3-2-4-12/h5-10,12H,2-4H2,1H3,(H2,20,21). The first kappa shape index (κ1) is 14.3. The second-order valence-corrected chi connectivity index (χ2v) is 6.69. The number of rotatable bonds is 2. The highest BCUT2D eigenvalue weighted by atomic mass is 15.1. The van der Waals surface area contributed by atoms with Crippen LogP contribution in [0.4, 0.5) is 5.82 Å². The molecular formula is C19H18N6. The number of hydrogen-bond donors (Lipinski definition) is 1. The third kappa shape index (κ3) is 2.17. The van der Waals surface area contributed by atoms with Crippen LogP contribution in [0.3, 0.4) is 0 Å². The monoisotopic (exact) mass is 330 g/mol. The second-order valence-electron chi connectivity index (χ2n) is 6.69. The maximum absolute atomic E-state index is 6.20. The Morgan fingerprint density at radius 1 is 1.12 bits per heavy atom. The van der Waals surface area contributed by atoms with Gasteiger partial charge in [-0.1, -0.05) is 12.5 Å². The second kappa shape index (κ2) is 5.24. The number of imidazole rings is 1. The molecule has 1 fully saturated rings. The van der Waals surface area contributed by atoms with E-state index in [1.807, 2.05) is 31.3 Å². The first-order valence-electron chi connectivity index (χ1n) is 8.57. The molecule has 0 aliphatic heterocycles. The molecule has 2 N–H and O–H groups in total. The van der Waals surface area contributed by atoms with Crippen molar-refractivity contribution in [2.24, 2.45) is 0 Å². The average Bonchev–Trinajstić information content (AvgIpc) is 2.93. The molecule has 1 aliphatic carbocycles. The molecule has 6 nitrogen and oxygen atoms in total. The topological polar surface area (TPSA) is 82.0 Å². The summed E-state index contributed by atoms with van der Waals surface area (Å²) in [6.45, 7) is 1.95. The van der Waals surface area contributed by atoms with Gasteiger partial charge in [-0.3, -0.25) is 9.38 Å². The minimum absolute atomic E-state index is 0.505. The Hall–Kier alpha value is -3.02. The number of nitrogens with two attached hydrogens (primary N) is 1. The van der Waals surface area contributed by atoms with Gasteiger partial charge in [0.25, 0.3) is 0 Å². The highest BCUT2D eigenvalue weighted by molar-refractivity contribution is 5.89. The van der Waals surface area contributed by atoms with Crippen LogP contribution in [0.15, 0.2) is 36.8 Å².